The molecule has 0 bridgehead atoms. The van der Waals surface area contributed by atoms with E-state index in [0.29, 0.717) is 11.3 Å². The Kier molecular flexibility index (Phi) is 5.71. The number of methoxy groups -OCH3 is 1. The third-order valence-electron chi connectivity index (χ3n) is 5.31. The van der Waals surface area contributed by atoms with Gasteiger partial charge in [0.1, 0.15) is 5.75 Å². The van der Waals surface area contributed by atoms with E-state index in [0.717, 1.165) is 17.0 Å². The van der Waals surface area contributed by atoms with Crippen LogP contribution in [0.25, 0.3) is 0 Å². The molecule has 0 saturated heterocycles. The Hall–Kier alpha value is -4.01. The van der Waals surface area contributed by atoms with Gasteiger partial charge in [-0.25, -0.2) is 0 Å². The zero-order chi connectivity index (χ0) is 23.8. The van der Waals surface area contributed by atoms with Crippen LogP contribution in [-0.2, 0) is 17.5 Å². The van der Waals surface area contributed by atoms with E-state index in [1.54, 1.807) is 24.3 Å². The molecule has 1 amide bonds. The minimum absolute atomic E-state index is 0.0850. The molecule has 1 unspecified atom stereocenters. The lowest BCUT2D eigenvalue weighted by atomic mass is 9.94. The Morgan fingerprint density at radius 3 is 2.55 bits per heavy atom. The molecule has 6 nitrogen and oxygen atoms in total. The van der Waals surface area contributed by atoms with Crippen LogP contribution in [0.1, 0.15) is 33.3 Å². The average molecular weight is 457 g/mol. The molecular weight excluding hydrogens is 439 g/mol. The summed E-state index contributed by atoms with van der Waals surface area (Å²) in [6, 6.07) is 12.9. The van der Waals surface area contributed by atoms with E-state index in [9.17, 15) is 27.9 Å². The molecule has 4 rings (SSSR count). The average Bonchev–Trinajstić information content (AvgIpc) is 3.42. The van der Waals surface area contributed by atoms with Crippen molar-refractivity contribution in [1.82, 2.24) is 4.90 Å². The fourth-order valence-electron chi connectivity index (χ4n) is 3.79. The predicted octanol–water partition coefficient (Wildman–Crippen LogP) is 5.09. The molecule has 9 heteroatoms. The maximum Gasteiger partial charge on any atom is 0.416 e. The highest BCUT2D eigenvalue weighted by Gasteiger charge is 2.44. The first kappa shape index (κ1) is 22.2. The summed E-state index contributed by atoms with van der Waals surface area (Å²) in [7, 11) is 1.45. The quantitative estimate of drug-likeness (QED) is 0.522. The van der Waals surface area contributed by atoms with E-state index in [1.165, 1.54) is 37.6 Å². The predicted molar refractivity (Wildman–Crippen MR) is 110 cm³/mol. The molecule has 2 aromatic carbocycles. The Balaban J connectivity index is 1.79. The van der Waals surface area contributed by atoms with Gasteiger partial charge in [0.15, 0.2) is 11.5 Å². The van der Waals surface area contributed by atoms with Gasteiger partial charge >= 0.3 is 6.18 Å². The Morgan fingerprint density at radius 2 is 1.88 bits per heavy atom. The summed E-state index contributed by atoms with van der Waals surface area (Å²) >= 11 is 0. The second-order valence-corrected chi connectivity index (χ2v) is 7.38. The van der Waals surface area contributed by atoms with E-state index >= 15 is 0 Å². The van der Waals surface area contributed by atoms with Gasteiger partial charge in [0.25, 0.3) is 5.91 Å². The van der Waals surface area contributed by atoms with E-state index < -0.39 is 35.2 Å². The molecule has 1 aliphatic heterocycles. The molecule has 170 valence electrons. The van der Waals surface area contributed by atoms with Gasteiger partial charge in [-0.2, -0.15) is 13.2 Å². The van der Waals surface area contributed by atoms with Crippen molar-refractivity contribution in [2.24, 2.45) is 0 Å². The summed E-state index contributed by atoms with van der Waals surface area (Å²) in [5.41, 5.74) is -0.469. The number of carbonyl (C=O) groups excluding carboxylic acids is 2. The lowest BCUT2D eigenvalue weighted by Crippen LogP contribution is -2.30. The molecule has 0 radical (unpaired) electrons. The Morgan fingerprint density at radius 1 is 1.12 bits per heavy atom. The zero-order valence-corrected chi connectivity index (χ0v) is 17.3. The van der Waals surface area contributed by atoms with Crippen LogP contribution in [0.15, 0.2) is 82.7 Å². The van der Waals surface area contributed by atoms with Crippen molar-refractivity contribution in [3.8, 4) is 5.75 Å². The maximum atomic E-state index is 13.2. The summed E-state index contributed by atoms with van der Waals surface area (Å²) in [5, 5.41) is 10.6. The Bertz CT molecular complexity index is 1230. The number of rotatable bonds is 6. The first-order chi connectivity index (χ1) is 15.7. The number of hydrogen-bond donors (Lipinski definition) is 1. The van der Waals surface area contributed by atoms with Gasteiger partial charge in [0.2, 0.25) is 5.78 Å². The van der Waals surface area contributed by atoms with Crippen molar-refractivity contribution in [3.63, 3.8) is 0 Å². The van der Waals surface area contributed by atoms with Gasteiger partial charge in [0.05, 0.1) is 30.6 Å². The number of furan rings is 1. The first-order valence-electron chi connectivity index (χ1n) is 9.83. The molecule has 0 fully saturated rings. The monoisotopic (exact) mass is 457 g/mol. The highest BCUT2D eigenvalue weighted by Crippen LogP contribution is 2.41. The number of Topliss-reactive ketones (excluding diaryl/α,β-unsaturated/α-hetero) is 1. The van der Waals surface area contributed by atoms with Crippen molar-refractivity contribution in [2.45, 2.75) is 18.8 Å². The molecule has 1 atom stereocenters. The second kappa shape index (κ2) is 8.50. The highest BCUT2D eigenvalue weighted by molar-refractivity contribution is 6.15. The molecule has 33 heavy (non-hydrogen) atoms. The largest absolute Gasteiger partial charge is 0.503 e. The number of halogens is 3. The van der Waals surface area contributed by atoms with Crippen molar-refractivity contribution in [3.05, 3.63) is 101 Å². The standard InChI is InChI=1S/C24H18F3NO5/c1-32-17-8-3-6-15(12-17)20-19(21(29)18-9-4-10-33-18)22(30)23(31)28(20)13-14-5-2-7-16(11-14)24(25,26)27/h2-12,20,30H,13H2,1H3. The molecule has 3 aromatic rings. The van der Waals surface area contributed by atoms with Crippen LogP contribution in [0.3, 0.4) is 0 Å². The van der Waals surface area contributed by atoms with Gasteiger partial charge in [-0.15, -0.1) is 0 Å². The molecule has 2 heterocycles. The van der Waals surface area contributed by atoms with Crippen molar-refractivity contribution in [2.75, 3.05) is 7.11 Å². The zero-order valence-electron chi connectivity index (χ0n) is 17.3. The molecule has 0 saturated carbocycles. The fourth-order valence-corrected chi connectivity index (χ4v) is 3.79. The van der Waals surface area contributed by atoms with Gasteiger partial charge in [0, 0.05) is 6.54 Å². The van der Waals surface area contributed by atoms with Crippen molar-refractivity contribution in [1.29, 1.82) is 0 Å². The fraction of sp³-hybridized carbons (Fsp3) is 0.167. The number of ether oxygens (including phenoxy) is 1. The van der Waals surface area contributed by atoms with Crippen molar-refractivity contribution < 1.29 is 37.0 Å². The summed E-state index contributed by atoms with van der Waals surface area (Å²) < 4.78 is 49.9. The highest BCUT2D eigenvalue weighted by atomic mass is 19.4. The van der Waals surface area contributed by atoms with Crippen LogP contribution < -0.4 is 4.74 Å². The Labute approximate surface area is 186 Å². The van der Waals surface area contributed by atoms with Crippen LogP contribution >= 0.6 is 0 Å². The number of benzene rings is 2. The lowest BCUT2D eigenvalue weighted by Gasteiger charge is -2.27. The van der Waals surface area contributed by atoms with Crippen LogP contribution in [0, 0.1) is 0 Å². The summed E-state index contributed by atoms with van der Waals surface area (Å²) in [5.74, 6) is -2.01. The molecule has 1 N–H and O–H groups in total. The van der Waals surface area contributed by atoms with E-state index in [2.05, 4.69) is 0 Å². The number of amides is 1. The third-order valence-corrected chi connectivity index (χ3v) is 5.31. The van der Waals surface area contributed by atoms with Gasteiger partial charge in [-0.05, 0) is 47.5 Å². The molecule has 1 aromatic heterocycles. The van der Waals surface area contributed by atoms with Crippen LogP contribution in [0.2, 0.25) is 0 Å². The summed E-state index contributed by atoms with van der Waals surface area (Å²) in [6.07, 6.45) is -3.28. The van der Waals surface area contributed by atoms with Gasteiger partial charge in [-0.1, -0.05) is 24.3 Å². The van der Waals surface area contributed by atoms with Crippen LogP contribution in [-0.4, -0.2) is 28.8 Å². The first-order valence-corrected chi connectivity index (χ1v) is 9.83. The van der Waals surface area contributed by atoms with Gasteiger partial charge in [-0.3, -0.25) is 9.59 Å². The minimum atomic E-state index is -4.56. The number of carbonyl (C=O) groups is 2. The van der Waals surface area contributed by atoms with E-state index in [1.807, 2.05) is 0 Å². The molecule has 0 spiro atoms. The number of aliphatic hydroxyl groups is 1. The minimum Gasteiger partial charge on any atom is -0.503 e. The number of ketones is 1. The normalized spacial score (nSPS) is 16.4. The van der Waals surface area contributed by atoms with Gasteiger partial charge < -0.3 is 19.2 Å². The van der Waals surface area contributed by atoms with Crippen molar-refractivity contribution >= 4 is 11.7 Å². The maximum absolute atomic E-state index is 13.2. The van der Waals surface area contributed by atoms with Crippen LogP contribution in [0.5, 0.6) is 5.75 Å². The number of aliphatic hydroxyl groups excluding tert-OH is 1. The molecule has 1 aliphatic rings. The molecule has 0 aliphatic carbocycles. The van der Waals surface area contributed by atoms with E-state index in [4.69, 9.17) is 9.15 Å². The molecular formula is C24H18F3NO5. The topological polar surface area (TPSA) is 80.0 Å². The summed E-state index contributed by atoms with van der Waals surface area (Å²) in [4.78, 5) is 27.3. The second-order valence-electron chi connectivity index (χ2n) is 7.38. The third kappa shape index (κ3) is 4.21. The number of alkyl halides is 3. The smallest absolute Gasteiger partial charge is 0.416 e. The lowest BCUT2D eigenvalue weighted by molar-refractivity contribution is -0.137. The summed E-state index contributed by atoms with van der Waals surface area (Å²) in [6.45, 7) is -0.274. The van der Waals surface area contributed by atoms with E-state index in [-0.39, 0.29) is 23.4 Å². The SMILES string of the molecule is COc1cccc(C2C(C(=O)c3ccco3)=C(O)C(=O)N2Cc2cccc(C(F)(F)F)c2)c1. The number of nitrogens with zero attached hydrogens (tertiary/aromatic N) is 1. The number of hydrogen-bond acceptors (Lipinski definition) is 5. The van der Waals surface area contributed by atoms with Crippen LogP contribution in [0.4, 0.5) is 13.2 Å².